The summed E-state index contributed by atoms with van der Waals surface area (Å²) in [6.45, 7) is 51.0. The minimum absolute atomic E-state index is 0.0230. The van der Waals surface area contributed by atoms with Gasteiger partial charge in [-0.25, -0.2) is 9.59 Å². The van der Waals surface area contributed by atoms with Gasteiger partial charge in [0, 0.05) is 62.2 Å². The van der Waals surface area contributed by atoms with E-state index in [2.05, 4.69) is 82.0 Å². The quantitative estimate of drug-likeness (QED) is 0.0178. The smallest absolute Gasteiger partial charge is 0.334 e. The molecule has 0 spiro atoms. The van der Waals surface area contributed by atoms with E-state index in [1.807, 2.05) is 102 Å². The lowest BCUT2D eigenvalue weighted by Crippen LogP contribution is -2.56. The molecule has 2 aromatic rings. The Bertz CT molecular complexity index is 3820. The second-order valence-electron chi connectivity index (χ2n) is 35.3. The molecule has 0 heterocycles. The van der Waals surface area contributed by atoms with Gasteiger partial charge < -0.3 is 59.9 Å². The van der Waals surface area contributed by atoms with Crippen molar-refractivity contribution in [1.29, 1.82) is 0 Å². The third kappa shape index (κ3) is 36.4. The number of aliphatic hydroxyl groups is 1. The van der Waals surface area contributed by atoms with Crippen LogP contribution in [-0.2, 0) is 84.3 Å². The molecule has 670 valence electrons. The number of nitrogens with zero attached hydrogens (tertiary/aromatic N) is 4. The van der Waals surface area contributed by atoms with Crippen molar-refractivity contribution in [2.75, 3.05) is 41.3 Å². The highest BCUT2D eigenvalue weighted by Crippen LogP contribution is 2.40. The van der Waals surface area contributed by atoms with Crippen LogP contribution in [0, 0.1) is 47.3 Å². The first-order chi connectivity index (χ1) is 55.0. The number of ketones is 2. The molecule has 0 fully saturated rings. The lowest BCUT2D eigenvalue weighted by atomic mass is 9.85. The van der Waals surface area contributed by atoms with Crippen molar-refractivity contribution in [2.45, 2.75) is 303 Å². The molecule has 0 radical (unpaired) electrons. The van der Waals surface area contributed by atoms with Gasteiger partial charge in [-0.2, -0.15) is 0 Å². The van der Waals surface area contributed by atoms with Crippen LogP contribution in [0.25, 0.3) is 0 Å². The molecule has 0 aromatic heterocycles. The number of rotatable bonds is 46. The van der Waals surface area contributed by atoms with Crippen LogP contribution in [0.4, 0.5) is 0 Å². The van der Waals surface area contributed by atoms with Crippen molar-refractivity contribution in [2.24, 2.45) is 47.3 Å². The number of aliphatic hydroxyl groups excluding tert-OH is 1. The van der Waals surface area contributed by atoms with Gasteiger partial charge in [0.05, 0.1) is 37.4 Å². The van der Waals surface area contributed by atoms with Crippen LogP contribution in [0.5, 0.6) is 0 Å². The molecule has 24 nitrogen and oxygen atoms in total. The fourth-order valence-corrected chi connectivity index (χ4v) is 14.6. The third-order valence-electron chi connectivity index (χ3n) is 23.3. The number of carbonyl (C=O) groups is 12. The predicted octanol–water partition coefficient (Wildman–Crippen LogP) is 14.4. The normalized spacial score (nSPS) is 16.4. The van der Waals surface area contributed by atoms with Crippen molar-refractivity contribution in [1.82, 2.24) is 40.9 Å². The molecule has 2 aromatic carbocycles. The van der Waals surface area contributed by atoms with Crippen LogP contribution >= 0.6 is 23.2 Å². The van der Waals surface area contributed by atoms with Gasteiger partial charge in [-0.05, 0) is 207 Å². The second-order valence-corrected chi connectivity index (χ2v) is 40.9. The molecule has 0 saturated carbocycles. The van der Waals surface area contributed by atoms with Crippen LogP contribution in [0.1, 0.15) is 223 Å². The molecule has 0 aliphatic carbocycles. The van der Waals surface area contributed by atoms with Gasteiger partial charge in [0.25, 0.3) is 11.8 Å². The van der Waals surface area contributed by atoms with E-state index < -0.39 is 122 Å². The van der Waals surface area contributed by atoms with Gasteiger partial charge in [0.1, 0.15) is 24.2 Å². The van der Waals surface area contributed by atoms with Crippen molar-refractivity contribution in [3.63, 3.8) is 0 Å². The highest BCUT2D eigenvalue weighted by atomic mass is 35.5. The number of benzene rings is 2. The average Bonchev–Trinajstić information content (AvgIpc) is 0.823. The first kappa shape index (κ1) is 109. The zero-order valence-corrected chi connectivity index (χ0v) is 80.0. The van der Waals surface area contributed by atoms with Gasteiger partial charge in [0.15, 0.2) is 32.1 Å². The molecule has 119 heavy (non-hydrogen) atoms. The van der Waals surface area contributed by atoms with Gasteiger partial charge in [-0.15, -0.1) is 0 Å². The number of hydrogen-bond donors (Lipinski definition) is 5. The number of nitrogens with one attached hydrogen (secondary N) is 4. The Labute approximate surface area is 723 Å². The summed E-state index contributed by atoms with van der Waals surface area (Å²) < 4.78 is 18.4. The van der Waals surface area contributed by atoms with Crippen molar-refractivity contribution in [3.8, 4) is 0 Å². The molecule has 0 aliphatic heterocycles. The molecule has 0 bridgehead atoms. The standard InChI is InChI=1S/C49H81ClN4O8Si.C43H67ClN4O8/c1-19-31(5)43(37(11)55)52-42(56)29-53(15)47(59)40(28-38-23-25-39(50)26-24-38)54(16)46(58)36(10)51-45(57)41(27-30(3)4)61-48(60)34(8)22-21-33(7)35(9)44(32(6)20-2)62-63(17,18)49(12,13)14;1-14-26(5)38(32(11)49)46-37(50)24-47(12)42(54)35(23-33-18-20-34(44)21-19-33)48(13)41(53)31(10)45-40(52)36(22-25(3)4)56-43(55)29(8)17-16-28(7)30(9)39(51)27(6)15-2/h20,22-26,30-31,33,35-36,40-41,43-44H,19,21,27-29H2,1-18H3,(H,51,57)(H,52,56);15,17-21,25-26,28,30-31,35-36,38-39,51H,14,16,22-24H2,1-13H3,(H,45,52)(H,46,50)/b32-20+,34-22+;27-15+,29-17+/t31?,33-,35-,36-,40+,41+,43-,44+;26?,28-,30-,31-,35+,36+,38-,39+/m00/s1. The third-order valence-corrected chi connectivity index (χ3v) is 28.3. The van der Waals surface area contributed by atoms with E-state index in [1.165, 1.54) is 81.1 Å². The van der Waals surface area contributed by atoms with Crippen LogP contribution in [0.3, 0.4) is 0 Å². The minimum Gasteiger partial charge on any atom is -0.449 e. The van der Waals surface area contributed by atoms with E-state index in [-0.39, 0.29) is 109 Å². The van der Waals surface area contributed by atoms with Crippen LogP contribution in [-0.4, -0.2) is 206 Å². The molecular weight excluding hydrogens is 1570 g/mol. The number of amides is 8. The average molecular weight is 1720 g/mol. The summed E-state index contributed by atoms with van der Waals surface area (Å²) in [4.78, 5) is 166. The number of halogens is 2. The zero-order chi connectivity index (χ0) is 91.8. The molecule has 8 amide bonds. The Morgan fingerprint density at radius 3 is 1.11 bits per heavy atom. The zero-order valence-electron chi connectivity index (χ0n) is 77.5. The maximum Gasteiger partial charge on any atom is 0.334 e. The SMILES string of the molecule is C/C=C(\C)[C@@H](O)[C@@H](C)[C@@H](C)C/C=C(\C)C(=O)O[C@H](CC(C)C)C(=O)N[C@@H](C)C(=O)N(C)[C@H](Cc1ccc(Cl)cc1)C(=O)N(C)CC(=O)N[C@H](C(C)=O)C(C)CC.C/C=C(\C)[C@@H](O[Si](C)(C)C(C)(C)C)[C@@H](C)[C@@H](C)C/C=C(\C)C(=O)O[C@H](CC(C)C)C(=O)N[C@@H](C)C(=O)N(C)[C@H](Cc1ccc(Cl)cc1)C(=O)N(C)CC(=O)N[C@H](C(C)=O)C(C)CC. The summed E-state index contributed by atoms with van der Waals surface area (Å²) in [6, 6.07) is 7.88. The van der Waals surface area contributed by atoms with Crippen LogP contribution in [0.2, 0.25) is 28.2 Å². The molecule has 5 N–H and O–H groups in total. The Hall–Kier alpha value is -7.84. The Morgan fingerprint density at radius 1 is 0.487 bits per heavy atom. The van der Waals surface area contributed by atoms with E-state index in [4.69, 9.17) is 37.1 Å². The summed E-state index contributed by atoms with van der Waals surface area (Å²) in [5.41, 5.74) is 4.17. The highest BCUT2D eigenvalue weighted by molar-refractivity contribution is 6.74. The molecule has 2 rings (SSSR count). The van der Waals surface area contributed by atoms with E-state index in [0.29, 0.717) is 58.0 Å². The number of Topliss-reactive ketones (excluding diaryl/α,β-unsaturated/α-hetero) is 2. The fourth-order valence-electron chi connectivity index (χ4n) is 12.9. The molecule has 16 atom stereocenters. The van der Waals surface area contributed by atoms with Crippen molar-refractivity contribution in [3.05, 3.63) is 116 Å². The first-order valence-corrected chi connectivity index (χ1v) is 45.8. The van der Waals surface area contributed by atoms with E-state index >= 15 is 0 Å². The molecule has 27 heteroatoms. The number of carbonyl (C=O) groups excluding carboxylic acids is 12. The lowest BCUT2D eigenvalue weighted by Gasteiger charge is -2.42. The van der Waals surface area contributed by atoms with Gasteiger partial charge in [-0.3, -0.25) is 47.9 Å². The van der Waals surface area contributed by atoms with Crippen molar-refractivity contribution < 1.29 is 76.5 Å². The number of hydrogen-bond acceptors (Lipinski definition) is 16. The van der Waals surface area contributed by atoms with Gasteiger partial charge in [-0.1, -0.05) is 188 Å². The summed E-state index contributed by atoms with van der Waals surface area (Å²) in [7, 11) is 3.75. The molecule has 0 aliphatic rings. The number of esters is 2. The molecule has 0 saturated heterocycles. The summed E-state index contributed by atoms with van der Waals surface area (Å²) in [5.74, 6) is -6.09. The van der Waals surface area contributed by atoms with Crippen LogP contribution < -0.4 is 21.3 Å². The summed E-state index contributed by atoms with van der Waals surface area (Å²) >= 11 is 12.2. The minimum atomic E-state index is -2.07. The first-order valence-electron chi connectivity index (χ1n) is 42.1. The number of ether oxygens (including phenoxy) is 2. The van der Waals surface area contributed by atoms with Gasteiger partial charge >= 0.3 is 11.9 Å². The van der Waals surface area contributed by atoms with E-state index in [0.717, 1.165) is 5.57 Å². The summed E-state index contributed by atoms with van der Waals surface area (Å²) in [6.07, 6.45) is 7.61. The van der Waals surface area contributed by atoms with Crippen LogP contribution in [0.15, 0.2) is 95.1 Å². The Balaban J connectivity index is 0.00000120. The van der Waals surface area contributed by atoms with E-state index in [1.54, 1.807) is 68.5 Å². The number of likely N-dealkylation sites (N-methyl/N-ethyl adjacent to an activating group) is 4. The lowest BCUT2D eigenvalue weighted by molar-refractivity contribution is -0.154. The fraction of sp³-hybridized carbons (Fsp3) is 0.652. The topological polar surface area (TPSA) is 314 Å². The van der Waals surface area contributed by atoms with E-state index in [9.17, 15) is 62.6 Å². The van der Waals surface area contributed by atoms with Gasteiger partial charge in [0.2, 0.25) is 35.4 Å². The second kappa shape index (κ2) is 51.8. The Morgan fingerprint density at radius 2 is 0.815 bits per heavy atom. The maximum atomic E-state index is 14.1. The molecular formula is C92H148Cl2N8O16Si. The highest BCUT2D eigenvalue weighted by Gasteiger charge is 2.43. The summed E-state index contributed by atoms with van der Waals surface area (Å²) in [5, 5.41) is 22.5. The largest absolute Gasteiger partial charge is 0.449 e. The maximum absolute atomic E-state index is 14.1. The van der Waals surface area contributed by atoms with Crippen molar-refractivity contribution >= 4 is 102 Å². The number of allylic oxidation sites excluding steroid dienone is 4. The Kier molecular flexibility index (Phi) is 47.5. The molecule has 2 unspecified atom stereocenters. The monoisotopic (exact) mass is 1720 g/mol. The predicted molar refractivity (Wildman–Crippen MR) is 477 cm³/mol.